The monoisotopic (exact) mass is 286 g/mol. The van der Waals surface area contributed by atoms with Gasteiger partial charge in [-0.25, -0.2) is 4.79 Å². The lowest BCUT2D eigenvalue weighted by molar-refractivity contribution is -0.147. The Hall–Kier alpha value is -1.93. The molecule has 112 valence electrons. The van der Waals surface area contributed by atoms with Crippen LogP contribution in [0, 0.1) is 6.92 Å². The standard InChI is InChI=1S/C12H18N2O6/c1-4-20-8(16)5-7(15)11(17)9-6(2)13-14(3)10(9)12(18)19/h7,11,15,17H,4-5H2,1-3H3,(H,18,19). The van der Waals surface area contributed by atoms with Gasteiger partial charge in [0.05, 0.1) is 24.8 Å². The fourth-order valence-corrected chi connectivity index (χ4v) is 1.98. The van der Waals surface area contributed by atoms with Crippen LogP contribution in [-0.4, -0.2) is 49.7 Å². The molecule has 0 aliphatic carbocycles. The van der Waals surface area contributed by atoms with Gasteiger partial charge in [-0.1, -0.05) is 0 Å². The van der Waals surface area contributed by atoms with Crippen molar-refractivity contribution in [2.45, 2.75) is 32.5 Å². The van der Waals surface area contributed by atoms with E-state index in [1.54, 1.807) is 6.92 Å². The highest BCUT2D eigenvalue weighted by atomic mass is 16.5. The lowest BCUT2D eigenvalue weighted by Gasteiger charge is -2.17. The maximum atomic E-state index is 11.3. The quantitative estimate of drug-likeness (QED) is 0.617. The molecular weight excluding hydrogens is 268 g/mol. The first-order valence-electron chi connectivity index (χ1n) is 6.08. The minimum Gasteiger partial charge on any atom is -0.477 e. The molecule has 0 saturated heterocycles. The highest BCUT2D eigenvalue weighted by molar-refractivity contribution is 5.88. The van der Waals surface area contributed by atoms with E-state index >= 15 is 0 Å². The maximum absolute atomic E-state index is 11.3. The summed E-state index contributed by atoms with van der Waals surface area (Å²) >= 11 is 0. The molecule has 0 bridgehead atoms. The molecule has 8 nitrogen and oxygen atoms in total. The number of carboxylic acids is 1. The number of ether oxygens (including phenoxy) is 1. The maximum Gasteiger partial charge on any atom is 0.354 e. The molecule has 1 aromatic heterocycles. The first-order chi connectivity index (χ1) is 9.29. The Morgan fingerprint density at radius 3 is 2.50 bits per heavy atom. The van der Waals surface area contributed by atoms with Gasteiger partial charge in [0.1, 0.15) is 6.10 Å². The second-order valence-corrected chi connectivity index (χ2v) is 4.30. The molecule has 1 aromatic rings. The predicted octanol–water partition coefficient (Wildman–Crippen LogP) is -0.226. The van der Waals surface area contributed by atoms with Gasteiger partial charge in [-0.05, 0) is 13.8 Å². The molecule has 1 heterocycles. The van der Waals surface area contributed by atoms with Crippen molar-refractivity contribution in [3.63, 3.8) is 0 Å². The number of aryl methyl sites for hydroxylation is 2. The molecule has 0 fully saturated rings. The lowest BCUT2D eigenvalue weighted by Crippen LogP contribution is -2.25. The van der Waals surface area contributed by atoms with E-state index in [1.807, 2.05) is 0 Å². The van der Waals surface area contributed by atoms with Gasteiger partial charge in [0, 0.05) is 12.6 Å². The SMILES string of the molecule is CCOC(=O)CC(O)C(O)c1c(C)nn(C)c1C(=O)O. The Bertz CT molecular complexity index is 510. The Morgan fingerprint density at radius 2 is 2.00 bits per heavy atom. The van der Waals surface area contributed by atoms with E-state index < -0.39 is 30.6 Å². The number of aliphatic hydroxyl groups excluding tert-OH is 2. The molecule has 8 heteroatoms. The predicted molar refractivity (Wildman–Crippen MR) is 67.1 cm³/mol. The highest BCUT2D eigenvalue weighted by Crippen LogP contribution is 2.26. The average molecular weight is 286 g/mol. The van der Waals surface area contributed by atoms with Gasteiger partial charge < -0.3 is 20.1 Å². The second kappa shape index (κ2) is 6.49. The first-order valence-corrected chi connectivity index (χ1v) is 6.08. The van der Waals surface area contributed by atoms with E-state index in [4.69, 9.17) is 5.11 Å². The third-order valence-corrected chi connectivity index (χ3v) is 2.81. The minimum absolute atomic E-state index is 0.00296. The number of nitrogens with zero attached hydrogens (tertiary/aromatic N) is 2. The Labute approximate surface area is 115 Å². The van der Waals surface area contributed by atoms with Crippen molar-refractivity contribution in [1.29, 1.82) is 0 Å². The van der Waals surface area contributed by atoms with Crippen LogP contribution in [-0.2, 0) is 16.6 Å². The average Bonchev–Trinajstić information content (AvgIpc) is 2.63. The molecular formula is C12H18N2O6. The van der Waals surface area contributed by atoms with Crippen LogP contribution in [0.4, 0.5) is 0 Å². The number of carbonyl (C=O) groups is 2. The van der Waals surface area contributed by atoms with Crippen molar-refractivity contribution >= 4 is 11.9 Å². The van der Waals surface area contributed by atoms with E-state index in [0.717, 1.165) is 4.68 Å². The molecule has 0 saturated carbocycles. The summed E-state index contributed by atoms with van der Waals surface area (Å²) in [4.78, 5) is 22.4. The van der Waals surface area contributed by atoms with Crippen molar-refractivity contribution in [3.05, 3.63) is 17.0 Å². The fourth-order valence-electron chi connectivity index (χ4n) is 1.98. The summed E-state index contributed by atoms with van der Waals surface area (Å²) in [5, 5.41) is 32.9. The topological polar surface area (TPSA) is 122 Å². The number of rotatable bonds is 6. The molecule has 2 atom stereocenters. The zero-order valence-corrected chi connectivity index (χ0v) is 11.5. The summed E-state index contributed by atoms with van der Waals surface area (Å²) in [6.45, 7) is 3.30. The van der Waals surface area contributed by atoms with Crippen molar-refractivity contribution in [2.24, 2.45) is 7.05 Å². The first kappa shape index (κ1) is 16.1. The van der Waals surface area contributed by atoms with Gasteiger partial charge in [-0.3, -0.25) is 9.48 Å². The molecule has 2 unspecified atom stereocenters. The Kier molecular flexibility index (Phi) is 5.23. The van der Waals surface area contributed by atoms with E-state index in [1.165, 1.54) is 14.0 Å². The van der Waals surface area contributed by atoms with Crippen LogP contribution in [0.25, 0.3) is 0 Å². The van der Waals surface area contributed by atoms with Crippen LogP contribution in [0.2, 0.25) is 0 Å². The molecule has 0 aliphatic rings. The minimum atomic E-state index is -1.53. The number of aliphatic hydroxyl groups is 2. The molecule has 20 heavy (non-hydrogen) atoms. The van der Waals surface area contributed by atoms with E-state index in [-0.39, 0.29) is 23.6 Å². The number of esters is 1. The van der Waals surface area contributed by atoms with Gasteiger partial charge in [0.2, 0.25) is 0 Å². The van der Waals surface area contributed by atoms with Crippen LogP contribution < -0.4 is 0 Å². The van der Waals surface area contributed by atoms with Crippen LogP contribution in [0.15, 0.2) is 0 Å². The number of hydrogen-bond donors (Lipinski definition) is 3. The fraction of sp³-hybridized carbons (Fsp3) is 0.583. The van der Waals surface area contributed by atoms with Crippen molar-refractivity contribution < 1.29 is 29.6 Å². The van der Waals surface area contributed by atoms with Crippen LogP contribution >= 0.6 is 0 Å². The van der Waals surface area contributed by atoms with Crippen LogP contribution in [0.1, 0.15) is 41.2 Å². The van der Waals surface area contributed by atoms with Crippen molar-refractivity contribution in [1.82, 2.24) is 9.78 Å². The molecule has 0 amide bonds. The molecule has 0 aromatic carbocycles. The molecule has 0 radical (unpaired) electrons. The molecule has 0 aliphatic heterocycles. The number of hydrogen-bond acceptors (Lipinski definition) is 6. The summed E-state index contributed by atoms with van der Waals surface area (Å²) in [7, 11) is 1.42. The normalized spacial score (nSPS) is 13.8. The Morgan fingerprint density at radius 1 is 1.40 bits per heavy atom. The molecule has 0 spiro atoms. The zero-order chi connectivity index (χ0) is 15.4. The third-order valence-electron chi connectivity index (χ3n) is 2.81. The van der Waals surface area contributed by atoms with Crippen molar-refractivity contribution in [2.75, 3.05) is 6.61 Å². The summed E-state index contributed by atoms with van der Waals surface area (Å²) in [5.41, 5.74) is 0.0509. The third kappa shape index (κ3) is 3.34. The Balaban J connectivity index is 3.00. The molecule has 3 N–H and O–H groups in total. The van der Waals surface area contributed by atoms with Gasteiger partial charge in [0.25, 0.3) is 0 Å². The van der Waals surface area contributed by atoms with Gasteiger partial charge in [-0.15, -0.1) is 0 Å². The van der Waals surface area contributed by atoms with E-state index in [2.05, 4.69) is 9.84 Å². The van der Waals surface area contributed by atoms with E-state index in [0.29, 0.717) is 0 Å². The van der Waals surface area contributed by atoms with E-state index in [9.17, 15) is 19.8 Å². The van der Waals surface area contributed by atoms with Gasteiger partial charge >= 0.3 is 11.9 Å². The number of aromatic nitrogens is 2. The zero-order valence-electron chi connectivity index (χ0n) is 11.5. The van der Waals surface area contributed by atoms with Crippen LogP contribution in [0.3, 0.4) is 0 Å². The second-order valence-electron chi connectivity index (χ2n) is 4.30. The van der Waals surface area contributed by atoms with Crippen molar-refractivity contribution in [3.8, 4) is 0 Å². The number of carboxylic acid groups (broad SMARTS) is 1. The van der Waals surface area contributed by atoms with Gasteiger partial charge in [-0.2, -0.15) is 5.10 Å². The smallest absolute Gasteiger partial charge is 0.354 e. The summed E-state index contributed by atoms with van der Waals surface area (Å²) in [6.07, 6.45) is -3.42. The summed E-state index contributed by atoms with van der Waals surface area (Å²) in [5.74, 6) is -1.94. The van der Waals surface area contributed by atoms with Gasteiger partial charge in [0.15, 0.2) is 5.69 Å². The summed E-state index contributed by atoms with van der Waals surface area (Å²) < 4.78 is 5.77. The summed E-state index contributed by atoms with van der Waals surface area (Å²) in [6, 6.07) is 0. The number of aromatic carboxylic acids is 1. The molecule has 1 rings (SSSR count). The number of carbonyl (C=O) groups excluding carboxylic acids is 1. The van der Waals surface area contributed by atoms with Crippen LogP contribution in [0.5, 0.6) is 0 Å². The lowest BCUT2D eigenvalue weighted by atomic mass is 10.00. The largest absolute Gasteiger partial charge is 0.477 e. The highest BCUT2D eigenvalue weighted by Gasteiger charge is 2.30.